The Bertz CT molecular complexity index is 711. The third-order valence-electron chi connectivity index (χ3n) is 6.25. The smallest absolute Gasteiger partial charge is 0.225 e. The molecule has 31 heavy (non-hydrogen) atoms. The Kier molecular flexibility index (Phi) is 9.18. The van der Waals surface area contributed by atoms with Gasteiger partial charge in [0.15, 0.2) is 0 Å². The molecule has 0 radical (unpaired) electrons. The van der Waals surface area contributed by atoms with Gasteiger partial charge in [-0.2, -0.15) is 0 Å². The molecular weight excluding hydrogens is 394 g/mol. The number of amides is 3. The van der Waals surface area contributed by atoms with E-state index >= 15 is 0 Å². The molecular formula is C24H35N3O4. The van der Waals surface area contributed by atoms with Crippen molar-refractivity contribution in [2.75, 3.05) is 32.8 Å². The Morgan fingerprint density at radius 2 is 1.42 bits per heavy atom. The highest BCUT2D eigenvalue weighted by Crippen LogP contribution is 2.23. The van der Waals surface area contributed by atoms with Crippen LogP contribution in [0.5, 0.6) is 5.75 Å². The lowest BCUT2D eigenvalue weighted by Crippen LogP contribution is -2.44. The van der Waals surface area contributed by atoms with E-state index in [1.54, 1.807) is 0 Å². The van der Waals surface area contributed by atoms with Gasteiger partial charge in [-0.05, 0) is 37.8 Å². The molecule has 1 saturated carbocycles. The zero-order chi connectivity index (χ0) is 21.9. The predicted octanol–water partition coefficient (Wildman–Crippen LogP) is 2.51. The van der Waals surface area contributed by atoms with Crippen molar-refractivity contribution in [1.82, 2.24) is 15.5 Å². The number of carbonyl (C=O) groups is 3. The van der Waals surface area contributed by atoms with Gasteiger partial charge < -0.3 is 20.3 Å². The zero-order valence-corrected chi connectivity index (χ0v) is 18.3. The zero-order valence-electron chi connectivity index (χ0n) is 18.3. The van der Waals surface area contributed by atoms with Crippen molar-refractivity contribution in [3.63, 3.8) is 0 Å². The highest BCUT2D eigenvalue weighted by atomic mass is 16.5. The molecule has 3 amide bonds. The molecule has 1 heterocycles. The van der Waals surface area contributed by atoms with Crippen LogP contribution in [0.2, 0.25) is 0 Å². The van der Waals surface area contributed by atoms with Crippen LogP contribution in [0.15, 0.2) is 30.3 Å². The van der Waals surface area contributed by atoms with Gasteiger partial charge in [0.05, 0.1) is 13.0 Å². The van der Waals surface area contributed by atoms with E-state index in [-0.39, 0.29) is 29.6 Å². The molecule has 2 aliphatic rings. The van der Waals surface area contributed by atoms with E-state index in [1.807, 2.05) is 35.2 Å². The van der Waals surface area contributed by atoms with E-state index in [9.17, 15) is 14.4 Å². The molecule has 1 saturated heterocycles. The number of hydrogen-bond acceptors (Lipinski definition) is 4. The largest absolute Gasteiger partial charge is 0.493 e. The Labute approximate surface area is 184 Å². The summed E-state index contributed by atoms with van der Waals surface area (Å²) in [5.74, 6) is 1.05. The fraction of sp³-hybridized carbons (Fsp3) is 0.625. The van der Waals surface area contributed by atoms with Crippen LogP contribution in [0.4, 0.5) is 0 Å². The van der Waals surface area contributed by atoms with E-state index in [1.165, 1.54) is 6.42 Å². The van der Waals surface area contributed by atoms with E-state index in [0.29, 0.717) is 52.0 Å². The molecule has 0 atom stereocenters. The maximum Gasteiger partial charge on any atom is 0.225 e. The minimum atomic E-state index is -0.0707. The minimum absolute atomic E-state index is 0.0198. The lowest BCUT2D eigenvalue weighted by molar-refractivity contribution is -0.136. The third kappa shape index (κ3) is 7.56. The molecule has 3 rings (SSSR count). The van der Waals surface area contributed by atoms with Gasteiger partial charge in [0, 0.05) is 38.0 Å². The number of rotatable bonds is 9. The van der Waals surface area contributed by atoms with Crippen LogP contribution in [0.25, 0.3) is 0 Å². The number of benzene rings is 1. The number of ether oxygens (including phenoxy) is 1. The van der Waals surface area contributed by atoms with Crippen molar-refractivity contribution in [2.24, 2.45) is 11.8 Å². The van der Waals surface area contributed by atoms with Crippen LogP contribution >= 0.6 is 0 Å². The van der Waals surface area contributed by atoms with Gasteiger partial charge in [-0.1, -0.05) is 37.5 Å². The summed E-state index contributed by atoms with van der Waals surface area (Å²) in [6.45, 7) is 2.48. The molecule has 2 N–H and O–H groups in total. The molecule has 7 heteroatoms. The summed E-state index contributed by atoms with van der Waals surface area (Å²) in [6, 6.07) is 9.47. The van der Waals surface area contributed by atoms with Gasteiger partial charge >= 0.3 is 0 Å². The second-order valence-electron chi connectivity index (χ2n) is 8.48. The van der Waals surface area contributed by atoms with Crippen LogP contribution in [-0.4, -0.2) is 55.4 Å². The van der Waals surface area contributed by atoms with Crippen LogP contribution in [0.1, 0.15) is 51.4 Å². The first-order valence-corrected chi connectivity index (χ1v) is 11.6. The van der Waals surface area contributed by atoms with E-state index < -0.39 is 0 Å². The van der Waals surface area contributed by atoms with Gasteiger partial charge in [0.1, 0.15) is 5.75 Å². The standard InChI is InChI=1S/C24H35N3O4/c28-22(13-18-31-21-9-5-2-6-10-21)27-16-11-20(12-17-27)24(30)26-15-14-25-23(29)19-7-3-1-4-8-19/h2,5-6,9-10,19-20H,1,3-4,7-8,11-18H2,(H,25,29)(H,26,30). The molecule has 170 valence electrons. The Morgan fingerprint density at radius 1 is 0.839 bits per heavy atom. The summed E-state index contributed by atoms with van der Waals surface area (Å²) in [5.41, 5.74) is 0. The van der Waals surface area contributed by atoms with Gasteiger partial charge in [0.25, 0.3) is 0 Å². The minimum Gasteiger partial charge on any atom is -0.493 e. The Hall–Kier alpha value is -2.57. The molecule has 0 bridgehead atoms. The second-order valence-corrected chi connectivity index (χ2v) is 8.48. The summed E-state index contributed by atoms with van der Waals surface area (Å²) < 4.78 is 5.60. The Balaban J connectivity index is 1.26. The monoisotopic (exact) mass is 429 g/mol. The number of nitrogens with zero attached hydrogens (tertiary/aromatic N) is 1. The van der Waals surface area contributed by atoms with Crippen molar-refractivity contribution in [3.05, 3.63) is 30.3 Å². The number of likely N-dealkylation sites (tertiary alicyclic amines) is 1. The Morgan fingerprint density at radius 3 is 2.03 bits per heavy atom. The van der Waals surface area contributed by atoms with Crippen molar-refractivity contribution >= 4 is 17.7 Å². The number of para-hydroxylation sites is 1. The summed E-state index contributed by atoms with van der Waals surface area (Å²) in [4.78, 5) is 38.7. The molecule has 0 aromatic heterocycles. The van der Waals surface area contributed by atoms with Crippen molar-refractivity contribution in [3.8, 4) is 5.75 Å². The number of nitrogens with one attached hydrogen (secondary N) is 2. The lowest BCUT2D eigenvalue weighted by atomic mass is 9.89. The lowest BCUT2D eigenvalue weighted by Gasteiger charge is -2.31. The molecule has 0 unspecified atom stereocenters. The predicted molar refractivity (Wildman–Crippen MR) is 118 cm³/mol. The topological polar surface area (TPSA) is 87.7 Å². The quantitative estimate of drug-likeness (QED) is 0.591. The SMILES string of the molecule is O=C(NCCNC(=O)C1CCN(C(=O)CCOc2ccccc2)CC1)C1CCCCC1. The second kappa shape index (κ2) is 12.3. The highest BCUT2D eigenvalue weighted by Gasteiger charge is 2.27. The van der Waals surface area contributed by atoms with Crippen molar-refractivity contribution in [2.45, 2.75) is 51.4 Å². The van der Waals surface area contributed by atoms with Crippen molar-refractivity contribution in [1.29, 1.82) is 0 Å². The number of hydrogen-bond donors (Lipinski definition) is 2. The summed E-state index contributed by atoms with van der Waals surface area (Å²) in [5, 5.41) is 5.88. The first kappa shape index (κ1) is 23.1. The highest BCUT2D eigenvalue weighted by molar-refractivity contribution is 5.80. The van der Waals surface area contributed by atoms with Gasteiger partial charge in [-0.3, -0.25) is 14.4 Å². The molecule has 1 aromatic carbocycles. The van der Waals surface area contributed by atoms with E-state index in [0.717, 1.165) is 31.4 Å². The summed E-state index contributed by atoms with van der Waals surface area (Å²) in [7, 11) is 0. The fourth-order valence-electron chi connectivity index (χ4n) is 4.35. The normalized spacial score (nSPS) is 17.7. The van der Waals surface area contributed by atoms with Gasteiger partial charge in [-0.25, -0.2) is 0 Å². The maximum absolute atomic E-state index is 12.4. The first-order valence-electron chi connectivity index (χ1n) is 11.6. The van der Waals surface area contributed by atoms with Gasteiger partial charge in [0.2, 0.25) is 17.7 Å². The van der Waals surface area contributed by atoms with E-state index in [4.69, 9.17) is 4.74 Å². The van der Waals surface area contributed by atoms with Crippen LogP contribution < -0.4 is 15.4 Å². The van der Waals surface area contributed by atoms with Crippen LogP contribution in [0.3, 0.4) is 0 Å². The third-order valence-corrected chi connectivity index (χ3v) is 6.25. The first-order chi connectivity index (χ1) is 15.1. The van der Waals surface area contributed by atoms with Crippen molar-refractivity contribution < 1.29 is 19.1 Å². The summed E-state index contributed by atoms with van der Waals surface area (Å²) in [6.07, 6.45) is 7.14. The summed E-state index contributed by atoms with van der Waals surface area (Å²) >= 11 is 0. The molecule has 1 aliphatic heterocycles. The number of piperidine rings is 1. The molecule has 0 spiro atoms. The number of carbonyl (C=O) groups excluding carboxylic acids is 3. The average molecular weight is 430 g/mol. The average Bonchev–Trinajstić information content (AvgIpc) is 2.83. The molecule has 1 aliphatic carbocycles. The fourth-order valence-corrected chi connectivity index (χ4v) is 4.35. The van der Waals surface area contributed by atoms with Crippen LogP contribution in [-0.2, 0) is 14.4 Å². The van der Waals surface area contributed by atoms with Gasteiger partial charge in [-0.15, -0.1) is 0 Å². The molecule has 7 nitrogen and oxygen atoms in total. The van der Waals surface area contributed by atoms with E-state index in [2.05, 4.69) is 10.6 Å². The maximum atomic E-state index is 12.4. The molecule has 1 aromatic rings. The molecule has 2 fully saturated rings. The van der Waals surface area contributed by atoms with Crippen LogP contribution in [0, 0.1) is 11.8 Å².